The van der Waals surface area contributed by atoms with Crippen molar-refractivity contribution < 1.29 is 28.7 Å². The number of esters is 1. The highest BCUT2D eigenvalue weighted by Crippen LogP contribution is 2.34. The molecule has 0 saturated heterocycles. The summed E-state index contributed by atoms with van der Waals surface area (Å²) in [5, 5.41) is 10.9. The van der Waals surface area contributed by atoms with Crippen LogP contribution in [0, 0.1) is 10.1 Å². The Labute approximate surface area is 120 Å². The summed E-state index contributed by atoms with van der Waals surface area (Å²) in [6, 6.07) is 2.26. The molecular weight excluding hydrogens is 282 g/mol. The summed E-state index contributed by atoms with van der Waals surface area (Å²) in [4.78, 5) is 33.2. The van der Waals surface area contributed by atoms with Gasteiger partial charge in [0.25, 0.3) is 0 Å². The number of benzene rings is 1. The fourth-order valence-electron chi connectivity index (χ4n) is 1.52. The Bertz CT molecular complexity index is 607. The molecule has 1 aromatic rings. The smallest absolute Gasteiger partial charge is 0.330 e. The summed E-state index contributed by atoms with van der Waals surface area (Å²) in [6.07, 6.45) is 1.86. The van der Waals surface area contributed by atoms with Crippen LogP contribution in [0.15, 0.2) is 24.3 Å². The van der Waals surface area contributed by atoms with E-state index in [0.29, 0.717) is 0 Å². The van der Waals surface area contributed by atoms with Crippen LogP contribution in [0.5, 0.6) is 11.5 Å². The highest BCUT2D eigenvalue weighted by atomic mass is 16.6. The second-order valence-corrected chi connectivity index (χ2v) is 3.70. The Morgan fingerprint density at radius 2 is 1.71 bits per heavy atom. The number of hydrogen-bond acceptors (Lipinski definition) is 7. The molecule has 0 aromatic heterocycles. The molecule has 0 unspecified atom stereocenters. The van der Waals surface area contributed by atoms with E-state index in [9.17, 15) is 19.7 Å². The number of nitro benzene ring substituents is 1. The zero-order chi connectivity index (χ0) is 16.0. The first kappa shape index (κ1) is 16.2. The predicted octanol–water partition coefficient (Wildman–Crippen LogP) is 1.52. The van der Waals surface area contributed by atoms with Crippen molar-refractivity contribution in [1.82, 2.24) is 0 Å². The SMILES string of the molecule is COC(=O)/C=C/C(=O)c1cc([N+](=O)[O-])c(OC)cc1OC. The summed E-state index contributed by atoms with van der Waals surface area (Å²) < 4.78 is 14.2. The van der Waals surface area contributed by atoms with Gasteiger partial charge < -0.3 is 14.2 Å². The number of carbonyl (C=O) groups excluding carboxylic acids is 2. The van der Waals surface area contributed by atoms with Crippen LogP contribution in [0.25, 0.3) is 0 Å². The van der Waals surface area contributed by atoms with E-state index in [2.05, 4.69) is 4.74 Å². The lowest BCUT2D eigenvalue weighted by Crippen LogP contribution is -2.04. The minimum Gasteiger partial charge on any atom is -0.496 e. The minimum absolute atomic E-state index is 0.0367. The molecule has 8 heteroatoms. The largest absolute Gasteiger partial charge is 0.496 e. The van der Waals surface area contributed by atoms with Crippen molar-refractivity contribution in [2.45, 2.75) is 0 Å². The van der Waals surface area contributed by atoms with Gasteiger partial charge in [-0.2, -0.15) is 0 Å². The summed E-state index contributed by atoms with van der Waals surface area (Å²) in [5.41, 5.74) is -0.446. The van der Waals surface area contributed by atoms with Crippen LogP contribution in [-0.2, 0) is 9.53 Å². The van der Waals surface area contributed by atoms with Gasteiger partial charge in [0.1, 0.15) is 5.75 Å². The number of rotatable bonds is 6. The average Bonchev–Trinajstić information content (AvgIpc) is 2.50. The van der Waals surface area contributed by atoms with Gasteiger partial charge >= 0.3 is 11.7 Å². The van der Waals surface area contributed by atoms with Gasteiger partial charge in [-0.1, -0.05) is 0 Å². The second-order valence-electron chi connectivity index (χ2n) is 3.70. The van der Waals surface area contributed by atoms with E-state index < -0.39 is 16.7 Å². The van der Waals surface area contributed by atoms with Gasteiger partial charge in [-0.05, 0) is 6.08 Å². The molecule has 0 radical (unpaired) electrons. The molecule has 0 N–H and O–H groups in total. The van der Waals surface area contributed by atoms with E-state index in [4.69, 9.17) is 9.47 Å². The topological polar surface area (TPSA) is 105 Å². The number of ketones is 1. The van der Waals surface area contributed by atoms with Crippen LogP contribution in [-0.4, -0.2) is 38.0 Å². The maximum Gasteiger partial charge on any atom is 0.330 e. The summed E-state index contributed by atoms with van der Waals surface area (Å²) >= 11 is 0. The summed E-state index contributed by atoms with van der Waals surface area (Å²) in [7, 11) is 3.73. The standard InChI is InChI=1S/C13H13NO7/c1-19-11-7-12(20-2)9(14(17)18)6-8(11)10(15)4-5-13(16)21-3/h4-7H,1-3H3/b5-4+. The number of allylic oxidation sites excluding steroid dienone is 1. The van der Waals surface area contributed by atoms with Crippen molar-refractivity contribution in [3.63, 3.8) is 0 Å². The molecule has 0 saturated carbocycles. The zero-order valence-corrected chi connectivity index (χ0v) is 11.6. The molecule has 0 spiro atoms. The van der Waals surface area contributed by atoms with E-state index in [0.717, 1.165) is 25.3 Å². The average molecular weight is 295 g/mol. The molecule has 0 aliphatic rings. The highest BCUT2D eigenvalue weighted by Gasteiger charge is 2.22. The third-order valence-electron chi connectivity index (χ3n) is 2.54. The maximum atomic E-state index is 12.0. The molecule has 112 valence electrons. The molecule has 0 heterocycles. The van der Waals surface area contributed by atoms with Crippen LogP contribution in [0.3, 0.4) is 0 Å². The summed E-state index contributed by atoms with van der Waals surface area (Å²) in [6.45, 7) is 0. The molecule has 0 aliphatic heterocycles. The van der Waals surface area contributed by atoms with Gasteiger partial charge in [0, 0.05) is 18.2 Å². The van der Waals surface area contributed by atoms with Crippen molar-refractivity contribution in [2.24, 2.45) is 0 Å². The molecule has 0 amide bonds. The van der Waals surface area contributed by atoms with Crippen molar-refractivity contribution in [3.8, 4) is 11.5 Å². The first-order valence-electron chi connectivity index (χ1n) is 5.65. The molecule has 0 aliphatic carbocycles. The van der Waals surface area contributed by atoms with Gasteiger partial charge in [0.2, 0.25) is 5.75 Å². The second kappa shape index (κ2) is 7.04. The van der Waals surface area contributed by atoms with Crippen LogP contribution in [0.2, 0.25) is 0 Å². The van der Waals surface area contributed by atoms with Crippen molar-refractivity contribution in [2.75, 3.05) is 21.3 Å². The monoisotopic (exact) mass is 295 g/mol. The fraction of sp³-hybridized carbons (Fsp3) is 0.231. The van der Waals surface area contributed by atoms with Crippen LogP contribution < -0.4 is 9.47 Å². The van der Waals surface area contributed by atoms with Crippen molar-refractivity contribution in [1.29, 1.82) is 0 Å². The van der Waals surface area contributed by atoms with Gasteiger partial charge in [0.05, 0.1) is 31.8 Å². The van der Waals surface area contributed by atoms with Gasteiger partial charge in [-0.25, -0.2) is 4.79 Å². The maximum absolute atomic E-state index is 12.0. The molecule has 0 fully saturated rings. The Morgan fingerprint density at radius 1 is 1.10 bits per heavy atom. The number of ether oxygens (including phenoxy) is 3. The number of nitro groups is 1. The van der Waals surface area contributed by atoms with Crippen LogP contribution in [0.4, 0.5) is 5.69 Å². The van der Waals surface area contributed by atoms with E-state index in [1.54, 1.807) is 0 Å². The highest BCUT2D eigenvalue weighted by molar-refractivity contribution is 6.09. The molecular formula is C13H13NO7. The number of methoxy groups -OCH3 is 3. The number of hydrogen-bond donors (Lipinski definition) is 0. The predicted molar refractivity (Wildman–Crippen MR) is 71.7 cm³/mol. The third-order valence-corrected chi connectivity index (χ3v) is 2.54. The Kier molecular flexibility index (Phi) is 5.41. The Morgan fingerprint density at radius 3 is 2.19 bits per heavy atom. The number of nitrogens with zero attached hydrogens (tertiary/aromatic N) is 1. The quantitative estimate of drug-likeness (QED) is 0.257. The Balaban J connectivity index is 3.30. The normalized spacial score (nSPS) is 10.2. The molecule has 1 rings (SSSR count). The van der Waals surface area contributed by atoms with E-state index in [1.165, 1.54) is 20.3 Å². The first-order valence-corrected chi connectivity index (χ1v) is 5.65. The van der Waals surface area contributed by atoms with E-state index in [1.807, 2.05) is 0 Å². The molecule has 1 aromatic carbocycles. The number of carbonyl (C=O) groups is 2. The van der Waals surface area contributed by atoms with E-state index >= 15 is 0 Å². The third kappa shape index (κ3) is 3.78. The zero-order valence-electron chi connectivity index (χ0n) is 11.6. The lowest BCUT2D eigenvalue weighted by molar-refractivity contribution is -0.385. The Hall–Kier alpha value is -2.90. The van der Waals surface area contributed by atoms with Crippen LogP contribution in [0.1, 0.15) is 10.4 Å². The summed E-state index contributed by atoms with van der Waals surface area (Å²) in [5.74, 6) is -1.30. The van der Waals surface area contributed by atoms with Gasteiger partial charge in [-0.15, -0.1) is 0 Å². The van der Waals surface area contributed by atoms with Gasteiger partial charge in [0.15, 0.2) is 5.78 Å². The lowest BCUT2D eigenvalue weighted by atomic mass is 10.1. The molecule has 21 heavy (non-hydrogen) atoms. The van der Waals surface area contributed by atoms with E-state index in [-0.39, 0.29) is 22.7 Å². The minimum atomic E-state index is -0.717. The first-order chi connectivity index (χ1) is 9.94. The molecule has 0 bridgehead atoms. The van der Waals surface area contributed by atoms with Gasteiger partial charge in [-0.3, -0.25) is 14.9 Å². The van der Waals surface area contributed by atoms with Crippen molar-refractivity contribution in [3.05, 3.63) is 40.0 Å². The van der Waals surface area contributed by atoms with Crippen LogP contribution >= 0.6 is 0 Å². The molecule has 0 atom stereocenters. The fourth-order valence-corrected chi connectivity index (χ4v) is 1.52. The lowest BCUT2D eigenvalue weighted by Gasteiger charge is -2.08. The van der Waals surface area contributed by atoms with Crippen molar-refractivity contribution >= 4 is 17.4 Å². The molecule has 8 nitrogen and oxygen atoms in total.